The van der Waals surface area contributed by atoms with E-state index in [1.165, 1.54) is 11.3 Å². The summed E-state index contributed by atoms with van der Waals surface area (Å²) in [6, 6.07) is 8.36. The average Bonchev–Trinajstić information content (AvgIpc) is 2.51. The molecule has 66 valence electrons. The fourth-order valence-electron chi connectivity index (χ4n) is 1.50. The van der Waals surface area contributed by atoms with Gasteiger partial charge < -0.3 is 4.57 Å². The van der Waals surface area contributed by atoms with Crippen LogP contribution in [0.4, 0.5) is 0 Å². The van der Waals surface area contributed by atoms with Gasteiger partial charge in [0.1, 0.15) is 7.05 Å². The topological polar surface area (TPSA) is 8.81 Å². The zero-order valence-electron chi connectivity index (χ0n) is 7.94. The van der Waals surface area contributed by atoms with Crippen LogP contribution in [-0.4, -0.2) is 4.57 Å². The van der Waals surface area contributed by atoms with Crippen molar-refractivity contribution in [1.82, 2.24) is 4.57 Å². The van der Waals surface area contributed by atoms with Crippen molar-refractivity contribution in [3.05, 3.63) is 42.9 Å². The molecule has 0 unspecified atom stereocenters. The minimum Gasteiger partial charge on any atom is -0.350 e. The van der Waals surface area contributed by atoms with Crippen molar-refractivity contribution in [1.29, 1.82) is 0 Å². The second-order valence-electron chi connectivity index (χ2n) is 3.26. The number of hydrogen-bond donors (Lipinski definition) is 0. The Morgan fingerprint density at radius 3 is 2.69 bits per heavy atom. The minimum atomic E-state index is 1.25. The van der Waals surface area contributed by atoms with Crippen molar-refractivity contribution >= 4 is 0 Å². The maximum Gasteiger partial charge on any atom is 0.177 e. The van der Waals surface area contributed by atoms with E-state index in [1.807, 2.05) is 13.2 Å². The maximum atomic E-state index is 2.12. The first-order valence-electron chi connectivity index (χ1n) is 4.34. The molecule has 0 aliphatic carbocycles. The predicted octanol–water partition coefficient (Wildman–Crippen LogP) is 1.52. The molecule has 0 spiro atoms. The molecule has 0 aromatic carbocycles. The summed E-state index contributed by atoms with van der Waals surface area (Å²) in [6.45, 7) is 0. The van der Waals surface area contributed by atoms with E-state index in [9.17, 15) is 0 Å². The Morgan fingerprint density at radius 1 is 1.23 bits per heavy atom. The molecule has 2 rings (SSSR count). The van der Waals surface area contributed by atoms with Crippen LogP contribution in [-0.2, 0) is 14.1 Å². The molecule has 0 aliphatic heterocycles. The van der Waals surface area contributed by atoms with Crippen LogP contribution in [0.5, 0.6) is 0 Å². The molecule has 0 atom stereocenters. The van der Waals surface area contributed by atoms with E-state index in [1.54, 1.807) is 0 Å². The van der Waals surface area contributed by atoms with Crippen LogP contribution in [0.3, 0.4) is 0 Å². The highest BCUT2D eigenvalue weighted by atomic mass is 14.9. The molecule has 2 aromatic heterocycles. The number of pyridine rings is 1. The highest BCUT2D eigenvalue weighted by molar-refractivity contribution is 5.57. The van der Waals surface area contributed by atoms with Gasteiger partial charge in [-0.3, -0.25) is 0 Å². The Balaban J connectivity index is 2.53. The summed E-state index contributed by atoms with van der Waals surface area (Å²) in [5, 5.41) is 0. The minimum absolute atomic E-state index is 1.25. The van der Waals surface area contributed by atoms with Crippen LogP contribution in [0, 0.1) is 0 Å². The number of aromatic nitrogens is 2. The van der Waals surface area contributed by atoms with Crippen molar-refractivity contribution in [2.75, 3.05) is 0 Å². The van der Waals surface area contributed by atoms with Gasteiger partial charge in [-0.15, -0.1) is 0 Å². The van der Waals surface area contributed by atoms with Gasteiger partial charge in [-0.05, 0) is 18.2 Å². The number of rotatable bonds is 1. The van der Waals surface area contributed by atoms with Crippen molar-refractivity contribution in [3.63, 3.8) is 0 Å². The molecule has 2 aromatic rings. The second kappa shape index (κ2) is 3.05. The fraction of sp³-hybridized carbons (Fsp3) is 0.182. The summed E-state index contributed by atoms with van der Waals surface area (Å²) >= 11 is 0. The summed E-state index contributed by atoms with van der Waals surface area (Å²) in [6.07, 6.45) is 6.21. The molecule has 0 saturated heterocycles. The van der Waals surface area contributed by atoms with Gasteiger partial charge in [-0.1, -0.05) is 0 Å². The van der Waals surface area contributed by atoms with Crippen molar-refractivity contribution < 1.29 is 4.57 Å². The third-order valence-electron chi connectivity index (χ3n) is 2.18. The summed E-state index contributed by atoms with van der Waals surface area (Å²) in [4.78, 5) is 0. The molecule has 0 radical (unpaired) electrons. The molecular formula is C11H13N2+. The quantitative estimate of drug-likeness (QED) is 0.578. The Hall–Kier alpha value is -1.57. The molecule has 13 heavy (non-hydrogen) atoms. The van der Waals surface area contributed by atoms with Crippen LogP contribution in [0.25, 0.3) is 11.3 Å². The predicted molar refractivity (Wildman–Crippen MR) is 52.0 cm³/mol. The van der Waals surface area contributed by atoms with Crippen molar-refractivity contribution in [3.8, 4) is 11.3 Å². The molecule has 2 nitrogen and oxygen atoms in total. The molecule has 0 amide bonds. The van der Waals surface area contributed by atoms with E-state index in [0.717, 1.165) is 0 Å². The van der Waals surface area contributed by atoms with E-state index in [-0.39, 0.29) is 0 Å². The SMILES string of the molecule is Cn1cccc1-c1ccc[n+](C)c1. The molecule has 0 fully saturated rings. The fourth-order valence-corrected chi connectivity index (χ4v) is 1.50. The Kier molecular flexibility index (Phi) is 1.89. The standard InChI is InChI=1S/C11H13N2/c1-12-7-3-5-10(9-12)11-6-4-8-13(11)2/h3-9H,1-2H3/q+1. The lowest BCUT2D eigenvalue weighted by Crippen LogP contribution is -2.26. The van der Waals surface area contributed by atoms with E-state index in [2.05, 4.69) is 52.8 Å². The number of nitrogens with zero attached hydrogens (tertiary/aromatic N) is 2. The number of hydrogen-bond acceptors (Lipinski definition) is 0. The Morgan fingerprint density at radius 2 is 2.08 bits per heavy atom. The van der Waals surface area contributed by atoms with E-state index >= 15 is 0 Å². The van der Waals surface area contributed by atoms with Gasteiger partial charge in [-0.2, -0.15) is 0 Å². The summed E-state index contributed by atoms with van der Waals surface area (Å²) in [5.74, 6) is 0. The Labute approximate surface area is 78.1 Å². The maximum absolute atomic E-state index is 2.12. The molecule has 0 aliphatic rings. The first-order chi connectivity index (χ1) is 6.27. The van der Waals surface area contributed by atoms with Gasteiger partial charge in [0.2, 0.25) is 0 Å². The van der Waals surface area contributed by atoms with Crippen LogP contribution in [0.2, 0.25) is 0 Å². The van der Waals surface area contributed by atoms with Crippen molar-refractivity contribution in [2.45, 2.75) is 0 Å². The monoisotopic (exact) mass is 173 g/mol. The van der Waals surface area contributed by atoms with Gasteiger partial charge in [0, 0.05) is 19.3 Å². The third kappa shape index (κ3) is 1.47. The second-order valence-corrected chi connectivity index (χ2v) is 3.26. The van der Waals surface area contributed by atoms with E-state index in [4.69, 9.17) is 0 Å². The smallest absolute Gasteiger partial charge is 0.177 e. The van der Waals surface area contributed by atoms with Crippen LogP contribution in [0.15, 0.2) is 42.9 Å². The molecular weight excluding hydrogens is 160 g/mol. The molecule has 2 heteroatoms. The molecule has 0 saturated carbocycles. The highest BCUT2D eigenvalue weighted by Crippen LogP contribution is 2.16. The summed E-state index contributed by atoms with van der Waals surface area (Å²) < 4.78 is 4.18. The van der Waals surface area contributed by atoms with E-state index < -0.39 is 0 Å². The van der Waals surface area contributed by atoms with Crippen LogP contribution in [0.1, 0.15) is 0 Å². The van der Waals surface area contributed by atoms with Crippen LogP contribution < -0.4 is 4.57 Å². The average molecular weight is 173 g/mol. The molecule has 0 bridgehead atoms. The lowest BCUT2D eigenvalue weighted by molar-refractivity contribution is -0.671. The van der Waals surface area contributed by atoms with Gasteiger partial charge in [0.25, 0.3) is 0 Å². The van der Waals surface area contributed by atoms with Crippen LogP contribution >= 0.6 is 0 Å². The zero-order valence-corrected chi connectivity index (χ0v) is 7.94. The first-order valence-corrected chi connectivity index (χ1v) is 4.34. The normalized spacial score (nSPS) is 10.3. The third-order valence-corrected chi connectivity index (χ3v) is 2.18. The van der Waals surface area contributed by atoms with Crippen molar-refractivity contribution in [2.24, 2.45) is 14.1 Å². The lowest BCUT2D eigenvalue weighted by atomic mass is 10.2. The molecule has 0 N–H and O–H groups in total. The summed E-state index contributed by atoms with van der Waals surface area (Å²) in [7, 11) is 4.09. The van der Waals surface area contributed by atoms with Gasteiger partial charge in [-0.25, -0.2) is 4.57 Å². The Bertz CT molecular complexity index is 416. The highest BCUT2D eigenvalue weighted by Gasteiger charge is 2.03. The van der Waals surface area contributed by atoms with E-state index in [0.29, 0.717) is 0 Å². The lowest BCUT2D eigenvalue weighted by Gasteiger charge is -2.00. The largest absolute Gasteiger partial charge is 0.350 e. The molecule has 2 heterocycles. The summed E-state index contributed by atoms with van der Waals surface area (Å²) in [5.41, 5.74) is 2.49. The first kappa shape index (κ1) is 8.05. The zero-order chi connectivity index (χ0) is 9.26. The van der Waals surface area contributed by atoms with Gasteiger partial charge in [0.05, 0.1) is 11.3 Å². The van der Waals surface area contributed by atoms with Gasteiger partial charge >= 0.3 is 0 Å². The van der Waals surface area contributed by atoms with Gasteiger partial charge in [0.15, 0.2) is 12.4 Å². The number of aryl methyl sites for hydroxylation is 2.